The molecule has 0 radical (unpaired) electrons. The zero-order valence-corrected chi connectivity index (χ0v) is 9.30. The third-order valence-electron chi connectivity index (χ3n) is 3.45. The van der Waals surface area contributed by atoms with Crippen LogP contribution >= 0.6 is 0 Å². The summed E-state index contributed by atoms with van der Waals surface area (Å²) in [4.78, 5) is 8.64. The van der Waals surface area contributed by atoms with Crippen molar-refractivity contribution in [2.75, 3.05) is 0 Å². The van der Waals surface area contributed by atoms with Crippen LogP contribution in [0, 0.1) is 6.92 Å². The normalized spacial score (nSPS) is 25.4. The highest BCUT2D eigenvalue weighted by Crippen LogP contribution is 2.32. The Kier molecular flexibility index (Phi) is 2.17. The first-order valence-electron chi connectivity index (χ1n) is 5.72. The molecule has 0 spiro atoms. The number of hydrogen-bond acceptors (Lipinski definition) is 3. The molecule has 84 valence electrons. The molecule has 1 N–H and O–H groups in total. The average molecular weight is 217 g/mol. The summed E-state index contributed by atoms with van der Waals surface area (Å²) in [6.07, 6.45) is 6.32. The lowest BCUT2D eigenvalue weighted by molar-refractivity contribution is 0.178. The Morgan fingerprint density at radius 2 is 2.25 bits per heavy atom. The van der Waals surface area contributed by atoms with Gasteiger partial charge in [-0.05, 0) is 32.3 Å². The summed E-state index contributed by atoms with van der Waals surface area (Å²) < 4.78 is 2.18. The van der Waals surface area contributed by atoms with Crippen LogP contribution in [-0.2, 0) is 0 Å². The van der Waals surface area contributed by atoms with Crippen LogP contribution in [-0.4, -0.2) is 25.7 Å². The molecule has 16 heavy (non-hydrogen) atoms. The van der Waals surface area contributed by atoms with E-state index in [1.165, 1.54) is 0 Å². The van der Waals surface area contributed by atoms with E-state index >= 15 is 0 Å². The van der Waals surface area contributed by atoms with Gasteiger partial charge in [0.25, 0.3) is 0 Å². The molecular formula is C12H15N3O. The van der Waals surface area contributed by atoms with Gasteiger partial charge in [0.2, 0.25) is 0 Å². The zero-order valence-electron chi connectivity index (χ0n) is 9.30. The molecule has 0 aliphatic heterocycles. The molecule has 1 fully saturated rings. The molecule has 4 nitrogen and oxygen atoms in total. The molecule has 3 rings (SSSR count). The molecule has 0 bridgehead atoms. The zero-order chi connectivity index (χ0) is 11.1. The maximum Gasteiger partial charge on any atom is 0.110 e. The third-order valence-corrected chi connectivity index (χ3v) is 3.45. The highest BCUT2D eigenvalue weighted by Gasteiger charge is 2.25. The van der Waals surface area contributed by atoms with E-state index in [4.69, 9.17) is 0 Å². The van der Waals surface area contributed by atoms with E-state index in [9.17, 15) is 5.11 Å². The van der Waals surface area contributed by atoms with Gasteiger partial charge in [-0.15, -0.1) is 0 Å². The summed E-state index contributed by atoms with van der Waals surface area (Å²) in [5.74, 6) is 0. The molecule has 1 aliphatic carbocycles. The van der Waals surface area contributed by atoms with Gasteiger partial charge in [-0.1, -0.05) is 0 Å². The Labute approximate surface area is 93.9 Å². The molecule has 1 saturated carbocycles. The first-order chi connectivity index (χ1) is 7.75. The first-order valence-corrected chi connectivity index (χ1v) is 5.72. The second-order valence-corrected chi connectivity index (χ2v) is 4.54. The number of aromatic nitrogens is 3. The number of imidazole rings is 1. The van der Waals surface area contributed by atoms with Gasteiger partial charge in [-0.3, -0.25) is 4.98 Å². The Morgan fingerprint density at radius 1 is 1.38 bits per heavy atom. The highest BCUT2D eigenvalue weighted by atomic mass is 16.3. The maximum atomic E-state index is 9.58. The second kappa shape index (κ2) is 3.56. The van der Waals surface area contributed by atoms with Crippen molar-refractivity contribution in [3.05, 3.63) is 24.3 Å². The summed E-state index contributed by atoms with van der Waals surface area (Å²) in [6.45, 7) is 1.98. The van der Waals surface area contributed by atoms with Crippen molar-refractivity contribution in [1.82, 2.24) is 14.5 Å². The summed E-state index contributed by atoms with van der Waals surface area (Å²) in [6, 6.07) is 2.39. The summed E-state index contributed by atoms with van der Waals surface area (Å²) in [5, 5.41) is 9.58. The lowest BCUT2D eigenvalue weighted by atomic mass is 10.2. The smallest absolute Gasteiger partial charge is 0.110 e. The predicted octanol–water partition coefficient (Wildman–Crippen LogP) is 1.83. The number of aryl methyl sites for hydroxylation is 1. The van der Waals surface area contributed by atoms with Crippen LogP contribution in [0.15, 0.2) is 18.6 Å². The quantitative estimate of drug-likeness (QED) is 0.792. The van der Waals surface area contributed by atoms with E-state index in [0.29, 0.717) is 6.04 Å². The predicted molar refractivity (Wildman–Crippen MR) is 61.2 cm³/mol. The molecule has 2 aromatic rings. The molecule has 0 amide bonds. The van der Waals surface area contributed by atoms with Crippen LogP contribution in [0.3, 0.4) is 0 Å². The fourth-order valence-electron chi connectivity index (χ4n) is 2.57. The van der Waals surface area contributed by atoms with E-state index in [1.807, 2.05) is 25.5 Å². The monoisotopic (exact) mass is 217 g/mol. The minimum atomic E-state index is -0.148. The molecule has 0 saturated heterocycles. The second-order valence-electron chi connectivity index (χ2n) is 4.54. The topological polar surface area (TPSA) is 50.9 Å². The molecule has 2 aromatic heterocycles. The summed E-state index contributed by atoms with van der Waals surface area (Å²) in [5.41, 5.74) is 3.07. The molecule has 2 atom stereocenters. The van der Waals surface area contributed by atoms with Gasteiger partial charge in [0.1, 0.15) is 5.52 Å². The molecule has 1 aliphatic rings. The molecular weight excluding hydrogens is 202 g/mol. The first kappa shape index (κ1) is 9.78. The van der Waals surface area contributed by atoms with Gasteiger partial charge < -0.3 is 9.67 Å². The Bertz CT molecular complexity index is 520. The SMILES string of the molecule is Cc1nccc2c1ncn2C1CCC(O)C1. The highest BCUT2D eigenvalue weighted by molar-refractivity contribution is 5.77. The Hall–Kier alpha value is -1.42. The largest absolute Gasteiger partial charge is 0.393 e. The standard InChI is InChI=1S/C12H15N3O/c1-8-12-11(4-5-13-8)15(7-14-12)9-2-3-10(16)6-9/h4-5,7,9-10,16H,2-3,6H2,1H3. The van der Waals surface area contributed by atoms with E-state index < -0.39 is 0 Å². The van der Waals surface area contributed by atoms with Crippen LogP contribution in [0.5, 0.6) is 0 Å². The average Bonchev–Trinajstić information content (AvgIpc) is 2.84. The van der Waals surface area contributed by atoms with Gasteiger partial charge in [-0.25, -0.2) is 4.98 Å². The molecule has 2 heterocycles. The summed E-state index contributed by atoms with van der Waals surface area (Å²) in [7, 11) is 0. The third kappa shape index (κ3) is 1.41. The van der Waals surface area contributed by atoms with E-state index in [1.54, 1.807) is 0 Å². The van der Waals surface area contributed by atoms with Gasteiger partial charge in [0, 0.05) is 12.2 Å². The van der Waals surface area contributed by atoms with Gasteiger partial charge in [-0.2, -0.15) is 0 Å². The van der Waals surface area contributed by atoms with Crippen LogP contribution in [0.4, 0.5) is 0 Å². The lowest BCUT2D eigenvalue weighted by Crippen LogP contribution is -2.06. The Balaban J connectivity index is 2.08. The van der Waals surface area contributed by atoms with Crippen molar-refractivity contribution in [3.8, 4) is 0 Å². The number of rotatable bonds is 1. The van der Waals surface area contributed by atoms with Gasteiger partial charge in [0.05, 0.1) is 23.6 Å². The van der Waals surface area contributed by atoms with Crippen molar-refractivity contribution in [2.45, 2.75) is 38.3 Å². The van der Waals surface area contributed by atoms with Crippen LogP contribution in [0.25, 0.3) is 11.0 Å². The minimum absolute atomic E-state index is 0.148. The van der Waals surface area contributed by atoms with E-state index in [2.05, 4.69) is 14.5 Å². The number of fused-ring (bicyclic) bond motifs is 1. The van der Waals surface area contributed by atoms with Crippen molar-refractivity contribution < 1.29 is 5.11 Å². The van der Waals surface area contributed by atoms with Crippen molar-refractivity contribution >= 4 is 11.0 Å². The van der Waals surface area contributed by atoms with Gasteiger partial charge in [0.15, 0.2) is 0 Å². The number of hydrogen-bond donors (Lipinski definition) is 1. The summed E-state index contributed by atoms with van der Waals surface area (Å²) >= 11 is 0. The van der Waals surface area contributed by atoms with E-state index in [0.717, 1.165) is 36.0 Å². The number of aliphatic hydroxyl groups excluding tert-OH is 1. The number of aliphatic hydroxyl groups is 1. The van der Waals surface area contributed by atoms with Crippen molar-refractivity contribution in [3.63, 3.8) is 0 Å². The van der Waals surface area contributed by atoms with E-state index in [-0.39, 0.29) is 6.10 Å². The van der Waals surface area contributed by atoms with Crippen molar-refractivity contribution in [2.24, 2.45) is 0 Å². The van der Waals surface area contributed by atoms with Crippen LogP contribution < -0.4 is 0 Å². The molecule has 2 unspecified atom stereocenters. The van der Waals surface area contributed by atoms with Crippen LogP contribution in [0.1, 0.15) is 31.0 Å². The number of nitrogens with zero attached hydrogens (tertiary/aromatic N) is 3. The number of pyridine rings is 1. The fraction of sp³-hybridized carbons (Fsp3) is 0.500. The molecule has 4 heteroatoms. The van der Waals surface area contributed by atoms with Crippen molar-refractivity contribution in [1.29, 1.82) is 0 Å². The lowest BCUT2D eigenvalue weighted by Gasteiger charge is -2.12. The fourth-order valence-corrected chi connectivity index (χ4v) is 2.57. The minimum Gasteiger partial charge on any atom is -0.393 e. The van der Waals surface area contributed by atoms with Crippen LogP contribution in [0.2, 0.25) is 0 Å². The Morgan fingerprint density at radius 3 is 3.00 bits per heavy atom. The van der Waals surface area contributed by atoms with Gasteiger partial charge >= 0.3 is 0 Å². The molecule has 0 aromatic carbocycles. The maximum absolute atomic E-state index is 9.58.